The molecule has 3 unspecified atom stereocenters. The lowest BCUT2D eigenvalue weighted by atomic mass is 9.94. The molecule has 0 spiro atoms. The molecule has 1 aromatic rings. The summed E-state index contributed by atoms with van der Waals surface area (Å²) in [6.45, 7) is 0. The summed E-state index contributed by atoms with van der Waals surface area (Å²) in [5, 5.41) is 0. The van der Waals surface area contributed by atoms with E-state index in [4.69, 9.17) is 4.74 Å². The van der Waals surface area contributed by atoms with Gasteiger partial charge < -0.3 is 4.74 Å². The fourth-order valence-electron chi connectivity index (χ4n) is 3.18. The minimum Gasteiger partial charge on any atom is -0.497 e. The maximum atomic E-state index is 14.0. The lowest BCUT2D eigenvalue weighted by Gasteiger charge is -2.20. The molecule has 1 aromatic carbocycles. The van der Waals surface area contributed by atoms with Crippen molar-refractivity contribution in [3.8, 4) is 5.75 Å². The third-order valence-electron chi connectivity index (χ3n) is 4.26. The van der Waals surface area contributed by atoms with Crippen molar-refractivity contribution in [3.63, 3.8) is 0 Å². The van der Waals surface area contributed by atoms with E-state index >= 15 is 0 Å². The van der Waals surface area contributed by atoms with Gasteiger partial charge in [0.15, 0.2) is 0 Å². The summed E-state index contributed by atoms with van der Waals surface area (Å²) in [5.74, 6) is 1.15. The normalized spacial score (nSPS) is 31.0. The largest absolute Gasteiger partial charge is 0.497 e. The molecule has 18 heavy (non-hydrogen) atoms. The Balaban J connectivity index is 1.86. The summed E-state index contributed by atoms with van der Waals surface area (Å²) in [4.78, 5) is -0.226. The predicted octanol–water partition coefficient (Wildman–Crippen LogP) is 4.46. The van der Waals surface area contributed by atoms with Crippen LogP contribution in [-0.2, 0) is 0 Å². The molecule has 98 valence electrons. The van der Waals surface area contributed by atoms with Crippen molar-refractivity contribution in [2.24, 2.45) is 17.8 Å². The van der Waals surface area contributed by atoms with E-state index in [9.17, 15) is 8.78 Å². The van der Waals surface area contributed by atoms with Gasteiger partial charge in [-0.2, -0.15) is 0 Å². The topological polar surface area (TPSA) is 9.23 Å². The molecule has 0 N–H and O–H groups in total. The van der Waals surface area contributed by atoms with Crippen LogP contribution in [0.1, 0.15) is 29.7 Å². The first kappa shape index (κ1) is 12.4. The maximum absolute atomic E-state index is 14.0. The minimum atomic E-state index is -0.519. The van der Waals surface area contributed by atoms with E-state index in [1.165, 1.54) is 25.7 Å². The highest BCUT2D eigenvalue weighted by Gasteiger charge is 2.48. The van der Waals surface area contributed by atoms with Crippen LogP contribution < -0.4 is 4.74 Å². The molecule has 0 saturated heterocycles. The van der Waals surface area contributed by atoms with E-state index in [1.807, 2.05) is 0 Å². The van der Waals surface area contributed by atoms with Crippen molar-refractivity contribution in [2.45, 2.75) is 24.1 Å². The molecule has 0 aliphatic heterocycles. The first-order valence-electron chi connectivity index (χ1n) is 6.27. The second-order valence-corrected chi connectivity index (χ2v) is 6.38. The smallest absolute Gasteiger partial charge is 0.134 e. The molecule has 2 aliphatic rings. The zero-order chi connectivity index (χ0) is 12.9. The summed E-state index contributed by atoms with van der Waals surface area (Å²) in [6.07, 6.45) is 3.49. The van der Waals surface area contributed by atoms with Gasteiger partial charge in [-0.3, -0.25) is 0 Å². The van der Waals surface area contributed by atoms with Gasteiger partial charge in [-0.1, -0.05) is 15.9 Å². The van der Waals surface area contributed by atoms with Crippen LogP contribution in [0.3, 0.4) is 0 Å². The van der Waals surface area contributed by atoms with E-state index in [-0.39, 0.29) is 16.1 Å². The maximum Gasteiger partial charge on any atom is 0.134 e. The van der Waals surface area contributed by atoms with Crippen molar-refractivity contribution >= 4 is 15.9 Å². The summed E-state index contributed by atoms with van der Waals surface area (Å²) in [6, 6.07) is 2.50. The van der Waals surface area contributed by atoms with Gasteiger partial charge >= 0.3 is 0 Å². The van der Waals surface area contributed by atoms with Crippen LogP contribution in [0.2, 0.25) is 0 Å². The van der Waals surface area contributed by atoms with Crippen LogP contribution in [-0.4, -0.2) is 7.11 Å². The van der Waals surface area contributed by atoms with E-state index in [0.717, 1.165) is 24.7 Å². The molecule has 3 atom stereocenters. The molecule has 2 fully saturated rings. The molecule has 0 aromatic heterocycles. The van der Waals surface area contributed by atoms with Crippen LogP contribution in [0.5, 0.6) is 5.75 Å². The molecule has 0 amide bonds. The number of fused-ring (bicyclic) bond motifs is 1. The summed E-state index contributed by atoms with van der Waals surface area (Å²) in [7, 11) is 1.41. The second kappa shape index (κ2) is 4.48. The Bertz CT molecular complexity index is 444. The predicted molar refractivity (Wildman–Crippen MR) is 68.9 cm³/mol. The van der Waals surface area contributed by atoms with Gasteiger partial charge in [0, 0.05) is 22.5 Å². The number of hydrogen-bond donors (Lipinski definition) is 0. The Hall–Kier alpha value is -0.640. The number of hydrogen-bond acceptors (Lipinski definition) is 1. The van der Waals surface area contributed by atoms with Crippen LogP contribution in [0.25, 0.3) is 0 Å². The van der Waals surface area contributed by atoms with Gasteiger partial charge in [-0.05, 0) is 37.0 Å². The molecule has 0 heterocycles. The monoisotopic (exact) mass is 316 g/mol. The van der Waals surface area contributed by atoms with Crippen LogP contribution in [0.4, 0.5) is 8.78 Å². The van der Waals surface area contributed by atoms with Crippen LogP contribution in [0.15, 0.2) is 12.1 Å². The lowest BCUT2D eigenvalue weighted by molar-refractivity contribution is 0.401. The number of rotatable bonds is 3. The molecular formula is C14H15BrF2O. The number of ether oxygens (including phenoxy) is 1. The second-order valence-electron chi connectivity index (χ2n) is 5.39. The van der Waals surface area contributed by atoms with Gasteiger partial charge in [-0.25, -0.2) is 8.78 Å². The molecule has 3 rings (SSSR count). The van der Waals surface area contributed by atoms with E-state index in [2.05, 4.69) is 15.9 Å². The fraction of sp³-hybridized carbons (Fsp3) is 0.571. The third kappa shape index (κ3) is 2.04. The van der Waals surface area contributed by atoms with Crippen LogP contribution >= 0.6 is 15.9 Å². The van der Waals surface area contributed by atoms with Crippen molar-refractivity contribution < 1.29 is 13.5 Å². The number of alkyl halides is 1. The Kier molecular flexibility index (Phi) is 3.08. The van der Waals surface area contributed by atoms with Gasteiger partial charge in [0.25, 0.3) is 0 Å². The average Bonchev–Trinajstić information content (AvgIpc) is 2.95. The Morgan fingerprint density at radius 2 is 1.72 bits per heavy atom. The highest BCUT2D eigenvalue weighted by atomic mass is 79.9. The fourth-order valence-corrected chi connectivity index (χ4v) is 4.05. The molecule has 1 nitrogen and oxygen atoms in total. The van der Waals surface area contributed by atoms with Crippen molar-refractivity contribution in [1.29, 1.82) is 0 Å². The highest BCUT2D eigenvalue weighted by molar-refractivity contribution is 9.09. The highest BCUT2D eigenvalue weighted by Crippen LogP contribution is 2.59. The first-order chi connectivity index (χ1) is 8.60. The van der Waals surface area contributed by atoms with Crippen molar-refractivity contribution in [2.75, 3.05) is 7.11 Å². The summed E-state index contributed by atoms with van der Waals surface area (Å²) in [5.41, 5.74) is 0.155. The standard InChI is InChI=1S/C14H15BrF2O/c1-18-10-5-11(16)13(12(17)6-10)14(15)9-3-7-2-8(7)4-9/h5-9,14H,2-4H2,1H3. The summed E-state index contributed by atoms with van der Waals surface area (Å²) >= 11 is 3.49. The first-order valence-corrected chi connectivity index (χ1v) is 7.18. The van der Waals surface area contributed by atoms with Crippen LogP contribution in [0, 0.1) is 29.4 Å². The number of halogens is 3. The zero-order valence-corrected chi connectivity index (χ0v) is 11.7. The molecule has 2 aliphatic carbocycles. The van der Waals surface area contributed by atoms with Gasteiger partial charge in [0.1, 0.15) is 17.4 Å². The Morgan fingerprint density at radius 3 is 2.22 bits per heavy atom. The quantitative estimate of drug-likeness (QED) is 0.748. The van der Waals surface area contributed by atoms with Gasteiger partial charge in [0.05, 0.1) is 7.11 Å². The van der Waals surface area contributed by atoms with E-state index in [1.54, 1.807) is 0 Å². The average molecular weight is 317 g/mol. The molecule has 2 saturated carbocycles. The Labute approximate surface area is 114 Å². The third-order valence-corrected chi connectivity index (χ3v) is 5.46. The minimum absolute atomic E-state index is 0.155. The number of benzene rings is 1. The number of methoxy groups -OCH3 is 1. The molecular weight excluding hydrogens is 302 g/mol. The Morgan fingerprint density at radius 1 is 1.17 bits per heavy atom. The van der Waals surface area contributed by atoms with Gasteiger partial charge in [-0.15, -0.1) is 0 Å². The molecule has 0 bridgehead atoms. The zero-order valence-electron chi connectivity index (χ0n) is 10.1. The van der Waals surface area contributed by atoms with E-state index < -0.39 is 11.6 Å². The van der Waals surface area contributed by atoms with Crippen molar-refractivity contribution in [1.82, 2.24) is 0 Å². The van der Waals surface area contributed by atoms with Crippen molar-refractivity contribution in [3.05, 3.63) is 29.3 Å². The molecule has 0 radical (unpaired) electrons. The lowest BCUT2D eigenvalue weighted by Crippen LogP contribution is -2.10. The molecule has 4 heteroatoms. The van der Waals surface area contributed by atoms with E-state index in [0.29, 0.717) is 5.92 Å². The summed E-state index contributed by atoms with van der Waals surface area (Å²) < 4.78 is 32.8. The van der Waals surface area contributed by atoms with Gasteiger partial charge in [0.2, 0.25) is 0 Å². The SMILES string of the molecule is COc1cc(F)c(C(Br)C2CC3CC3C2)c(F)c1.